The number of thiophene rings is 1. The fraction of sp³-hybridized carbons (Fsp3) is 0.214. The van der Waals surface area contributed by atoms with Crippen molar-refractivity contribution < 1.29 is 13.2 Å². The van der Waals surface area contributed by atoms with Gasteiger partial charge in [-0.05, 0) is 56.1 Å². The van der Waals surface area contributed by atoms with E-state index in [4.69, 9.17) is 0 Å². The first kappa shape index (κ1) is 18.6. The highest BCUT2D eigenvalue weighted by atomic mass is 79.9. The lowest BCUT2D eigenvalue weighted by atomic mass is 10.1. The number of halogens is 2. The first-order chi connectivity index (χ1) is 10.8. The van der Waals surface area contributed by atoms with Crippen LogP contribution in [0.5, 0.6) is 0 Å². The second-order valence-electron chi connectivity index (χ2n) is 4.69. The maximum Gasteiger partial charge on any atom is 0.261 e. The van der Waals surface area contributed by atoms with Crippen LogP contribution in [0.15, 0.2) is 38.6 Å². The van der Waals surface area contributed by atoms with E-state index in [2.05, 4.69) is 41.9 Å². The van der Waals surface area contributed by atoms with Gasteiger partial charge in [0.2, 0.25) is 10.0 Å². The Morgan fingerprint density at radius 2 is 1.78 bits per heavy atom. The number of carbonyl (C=O) groups excluding carboxylic acids is 1. The summed E-state index contributed by atoms with van der Waals surface area (Å²) in [7, 11) is -1.89. The largest absolute Gasteiger partial charge is 0.347 e. The third kappa shape index (κ3) is 5.39. The van der Waals surface area contributed by atoms with Crippen molar-refractivity contribution in [3.05, 3.63) is 54.6 Å². The molecule has 0 aliphatic rings. The van der Waals surface area contributed by atoms with E-state index < -0.39 is 10.0 Å². The topological polar surface area (TPSA) is 75.3 Å². The molecule has 124 valence electrons. The summed E-state index contributed by atoms with van der Waals surface area (Å²) in [6.45, 7) is 0.380. The molecule has 1 aromatic heterocycles. The third-order valence-electron chi connectivity index (χ3n) is 3.01. The van der Waals surface area contributed by atoms with Gasteiger partial charge in [0.15, 0.2) is 0 Å². The van der Waals surface area contributed by atoms with Crippen LogP contribution < -0.4 is 10.0 Å². The lowest BCUT2D eigenvalue weighted by molar-refractivity contribution is 0.0955. The van der Waals surface area contributed by atoms with Crippen LogP contribution in [-0.4, -0.2) is 21.4 Å². The number of amides is 1. The van der Waals surface area contributed by atoms with Crippen LogP contribution in [0, 0.1) is 0 Å². The van der Waals surface area contributed by atoms with E-state index in [9.17, 15) is 13.2 Å². The molecule has 0 unspecified atom stereocenters. The van der Waals surface area contributed by atoms with E-state index >= 15 is 0 Å². The van der Waals surface area contributed by atoms with E-state index in [1.165, 1.54) is 18.4 Å². The minimum absolute atomic E-state index is 0.0621. The van der Waals surface area contributed by atoms with Gasteiger partial charge in [0.1, 0.15) is 0 Å². The maximum atomic E-state index is 12.0. The molecule has 23 heavy (non-hydrogen) atoms. The van der Waals surface area contributed by atoms with Gasteiger partial charge in [0, 0.05) is 11.0 Å². The minimum Gasteiger partial charge on any atom is -0.347 e. The Bertz CT molecular complexity index is 782. The standard InChI is InChI=1S/C14H14Br2N2O3S2/c1-17-23(20,21)8-10-4-2-9(3-5-10)7-18-14(19)12-6-11(15)13(16)22-12/h2-6,17H,7-8H2,1H3,(H,18,19). The van der Waals surface area contributed by atoms with E-state index in [-0.39, 0.29) is 11.7 Å². The summed E-state index contributed by atoms with van der Waals surface area (Å²) in [6, 6.07) is 8.86. The zero-order valence-corrected chi connectivity index (χ0v) is 16.9. The van der Waals surface area contributed by atoms with Crippen LogP contribution in [-0.2, 0) is 22.3 Å². The maximum absolute atomic E-state index is 12.0. The van der Waals surface area contributed by atoms with Crippen LogP contribution in [0.4, 0.5) is 0 Å². The molecule has 0 bridgehead atoms. The molecular weight excluding hydrogens is 468 g/mol. The van der Waals surface area contributed by atoms with Gasteiger partial charge in [0.25, 0.3) is 5.91 Å². The number of benzene rings is 1. The highest BCUT2D eigenvalue weighted by molar-refractivity contribution is 9.13. The molecule has 2 N–H and O–H groups in total. The van der Waals surface area contributed by atoms with Crippen LogP contribution in [0.1, 0.15) is 20.8 Å². The number of nitrogens with one attached hydrogen (secondary N) is 2. The van der Waals surface area contributed by atoms with Gasteiger partial charge in [0.05, 0.1) is 14.4 Å². The predicted octanol–water partition coefficient (Wildman–Crippen LogP) is 3.25. The Balaban J connectivity index is 1.95. The molecule has 0 aliphatic heterocycles. The fourth-order valence-corrected chi connectivity index (χ4v) is 4.50. The Morgan fingerprint density at radius 3 is 2.30 bits per heavy atom. The summed E-state index contributed by atoms with van der Waals surface area (Å²) < 4.78 is 27.0. The van der Waals surface area contributed by atoms with E-state index in [0.29, 0.717) is 17.0 Å². The molecule has 2 rings (SSSR count). The summed E-state index contributed by atoms with van der Waals surface area (Å²) in [5, 5.41) is 2.83. The number of rotatable bonds is 6. The van der Waals surface area contributed by atoms with E-state index in [1.807, 2.05) is 0 Å². The van der Waals surface area contributed by atoms with Gasteiger partial charge in [-0.25, -0.2) is 13.1 Å². The molecule has 9 heteroatoms. The van der Waals surface area contributed by atoms with Crippen molar-refractivity contribution >= 4 is 59.1 Å². The Labute approximate surface area is 155 Å². The van der Waals surface area contributed by atoms with Gasteiger partial charge in [-0.2, -0.15) is 0 Å². The molecule has 2 aromatic rings. The first-order valence-corrected chi connectivity index (χ1v) is 10.6. The highest BCUT2D eigenvalue weighted by Gasteiger charge is 2.12. The molecular formula is C14H14Br2N2O3S2. The molecule has 0 saturated heterocycles. The van der Waals surface area contributed by atoms with E-state index in [0.717, 1.165) is 13.8 Å². The Hall–Kier alpha value is -0.740. The van der Waals surface area contributed by atoms with Crippen molar-refractivity contribution in [1.29, 1.82) is 0 Å². The van der Waals surface area contributed by atoms with Gasteiger partial charge in [-0.1, -0.05) is 24.3 Å². The quantitative estimate of drug-likeness (QED) is 0.664. The first-order valence-electron chi connectivity index (χ1n) is 6.53. The molecule has 5 nitrogen and oxygen atoms in total. The normalized spacial score (nSPS) is 11.4. The Kier molecular flexibility index (Phi) is 6.38. The summed E-state index contributed by atoms with van der Waals surface area (Å²) in [4.78, 5) is 12.7. The number of sulfonamides is 1. The van der Waals surface area contributed by atoms with Crippen molar-refractivity contribution in [2.24, 2.45) is 0 Å². The van der Waals surface area contributed by atoms with Crippen LogP contribution >= 0.6 is 43.2 Å². The molecule has 0 atom stereocenters. The molecule has 1 heterocycles. The summed E-state index contributed by atoms with van der Waals surface area (Å²) in [5.74, 6) is -0.212. The van der Waals surface area contributed by atoms with Gasteiger partial charge in [-0.3, -0.25) is 4.79 Å². The van der Waals surface area contributed by atoms with Crippen molar-refractivity contribution in [1.82, 2.24) is 10.0 Å². The molecule has 0 aliphatic carbocycles. The Morgan fingerprint density at radius 1 is 1.17 bits per heavy atom. The van der Waals surface area contributed by atoms with Crippen LogP contribution in [0.2, 0.25) is 0 Å². The van der Waals surface area contributed by atoms with Crippen molar-refractivity contribution in [3.8, 4) is 0 Å². The SMILES string of the molecule is CNS(=O)(=O)Cc1ccc(CNC(=O)c2cc(Br)c(Br)s2)cc1. The third-order valence-corrected chi connectivity index (χ3v) is 7.60. The second-order valence-corrected chi connectivity index (χ2v) is 9.85. The zero-order valence-electron chi connectivity index (χ0n) is 12.1. The predicted molar refractivity (Wildman–Crippen MR) is 99.0 cm³/mol. The zero-order chi connectivity index (χ0) is 17.0. The van der Waals surface area contributed by atoms with Crippen molar-refractivity contribution in [2.45, 2.75) is 12.3 Å². The minimum atomic E-state index is -3.28. The van der Waals surface area contributed by atoms with Crippen LogP contribution in [0.25, 0.3) is 0 Å². The van der Waals surface area contributed by atoms with Crippen molar-refractivity contribution in [3.63, 3.8) is 0 Å². The summed E-state index contributed by atoms with van der Waals surface area (Å²) in [6.07, 6.45) is 0. The van der Waals surface area contributed by atoms with Gasteiger partial charge >= 0.3 is 0 Å². The molecule has 1 amide bonds. The lowest BCUT2D eigenvalue weighted by Gasteiger charge is -2.06. The lowest BCUT2D eigenvalue weighted by Crippen LogP contribution is -2.22. The number of carbonyl (C=O) groups is 1. The molecule has 0 radical (unpaired) electrons. The average Bonchev–Trinajstić information content (AvgIpc) is 2.85. The summed E-state index contributed by atoms with van der Waals surface area (Å²) >= 11 is 8.06. The number of hydrogen-bond donors (Lipinski definition) is 2. The molecule has 1 aromatic carbocycles. The van der Waals surface area contributed by atoms with Gasteiger partial charge in [-0.15, -0.1) is 11.3 Å². The smallest absolute Gasteiger partial charge is 0.261 e. The second kappa shape index (κ2) is 7.89. The summed E-state index contributed by atoms with van der Waals surface area (Å²) in [5.41, 5.74) is 1.60. The average molecular weight is 482 g/mol. The van der Waals surface area contributed by atoms with Crippen LogP contribution in [0.3, 0.4) is 0 Å². The fourth-order valence-electron chi connectivity index (χ4n) is 1.77. The monoisotopic (exact) mass is 480 g/mol. The molecule has 0 saturated carbocycles. The molecule has 0 spiro atoms. The molecule has 0 fully saturated rings. The van der Waals surface area contributed by atoms with Gasteiger partial charge < -0.3 is 5.32 Å². The highest BCUT2D eigenvalue weighted by Crippen LogP contribution is 2.32. The van der Waals surface area contributed by atoms with Crippen molar-refractivity contribution in [2.75, 3.05) is 7.05 Å². The number of hydrogen-bond acceptors (Lipinski definition) is 4. The van der Waals surface area contributed by atoms with E-state index in [1.54, 1.807) is 30.3 Å².